The molecule has 1 saturated heterocycles. The molecule has 1 aliphatic rings. The number of rotatable bonds is 5. The number of amides is 2. The van der Waals surface area contributed by atoms with E-state index in [1.807, 2.05) is 27.8 Å². The fourth-order valence-corrected chi connectivity index (χ4v) is 3.05. The zero-order valence-corrected chi connectivity index (χ0v) is 16.0. The Balaban J connectivity index is 2.12. The van der Waals surface area contributed by atoms with Crippen molar-refractivity contribution in [1.29, 1.82) is 5.26 Å². The molecule has 7 nitrogen and oxygen atoms in total. The number of piperidine rings is 1. The fourth-order valence-electron chi connectivity index (χ4n) is 3.05. The van der Waals surface area contributed by atoms with Crippen molar-refractivity contribution in [3.8, 4) is 6.07 Å². The average Bonchev–Trinajstić information content (AvgIpc) is 3.10. The van der Waals surface area contributed by atoms with Crippen LogP contribution in [0.4, 0.5) is 0 Å². The fraction of sp³-hybridized carbons (Fsp3) is 0.632. The van der Waals surface area contributed by atoms with E-state index < -0.39 is 17.5 Å². The molecule has 2 rings (SSSR count). The third-order valence-electron chi connectivity index (χ3n) is 4.60. The SMILES string of the molecule is CN1CCC(C#N)(NC(=O)C(CC(C)(C)C)NC(=O)c2ccco2)CC1. The summed E-state index contributed by atoms with van der Waals surface area (Å²) in [4.78, 5) is 27.4. The van der Waals surface area contributed by atoms with Gasteiger partial charge in [-0.25, -0.2) is 0 Å². The van der Waals surface area contributed by atoms with Crippen LogP contribution in [0.5, 0.6) is 0 Å². The molecule has 26 heavy (non-hydrogen) atoms. The van der Waals surface area contributed by atoms with Crippen LogP contribution in [0.1, 0.15) is 50.6 Å². The molecule has 1 atom stereocenters. The minimum absolute atomic E-state index is 0.158. The number of likely N-dealkylation sites (tertiary alicyclic amines) is 1. The monoisotopic (exact) mass is 360 g/mol. The molecular weight excluding hydrogens is 332 g/mol. The van der Waals surface area contributed by atoms with E-state index in [2.05, 4.69) is 21.6 Å². The Labute approximate surface area is 154 Å². The van der Waals surface area contributed by atoms with E-state index in [4.69, 9.17) is 4.42 Å². The predicted molar refractivity (Wildman–Crippen MR) is 97.3 cm³/mol. The van der Waals surface area contributed by atoms with E-state index in [0.717, 1.165) is 13.1 Å². The number of hydrogen-bond donors (Lipinski definition) is 2. The summed E-state index contributed by atoms with van der Waals surface area (Å²) in [5.74, 6) is -0.606. The highest BCUT2D eigenvalue weighted by atomic mass is 16.3. The van der Waals surface area contributed by atoms with Crippen LogP contribution >= 0.6 is 0 Å². The molecule has 1 fully saturated rings. The summed E-state index contributed by atoms with van der Waals surface area (Å²) in [5, 5.41) is 15.3. The van der Waals surface area contributed by atoms with Crippen molar-refractivity contribution in [1.82, 2.24) is 15.5 Å². The topological polar surface area (TPSA) is 98.4 Å². The smallest absolute Gasteiger partial charge is 0.287 e. The lowest BCUT2D eigenvalue weighted by molar-refractivity contribution is -0.125. The second kappa shape index (κ2) is 7.92. The number of hydrogen-bond acceptors (Lipinski definition) is 5. The summed E-state index contributed by atoms with van der Waals surface area (Å²) in [6.07, 6.45) is 3.00. The van der Waals surface area contributed by atoms with Crippen LogP contribution in [0.15, 0.2) is 22.8 Å². The molecule has 2 N–H and O–H groups in total. The third kappa shape index (κ3) is 5.33. The van der Waals surface area contributed by atoms with Gasteiger partial charge in [-0.1, -0.05) is 20.8 Å². The van der Waals surface area contributed by atoms with Crippen LogP contribution in [0.2, 0.25) is 0 Å². The molecule has 0 spiro atoms. The van der Waals surface area contributed by atoms with Gasteiger partial charge in [0, 0.05) is 13.1 Å². The molecular formula is C19H28N4O3. The lowest BCUT2D eigenvalue weighted by atomic mass is 9.85. The number of carbonyl (C=O) groups is 2. The van der Waals surface area contributed by atoms with Gasteiger partial charge in [-0.2, -0.15) is 5.26 Å². The summed E-state index contributed by atoms with van der Waals surface area (Å²) >= 11 is 0. The quantitative estimate of drug-likeness (QED) is 0.836. The van der Waals surface area contributed by atoms with Gasteiger partial charge in [0.05, 0.1) is 12.3 Å². The first-order chi connectivity index (χ1) is 12.1. The Kier molecular flexibility index (Phi) is 6.09. The van der Waals surface area contributed by atoms with Crippen LogP contribution < -0.4 is 10.6 Å². The van der Waals surface area contributed by atoms with Gasteiger partial charge >= 0.3 is 0 Å². The highest BCUT2D eigenvalue weighted by Crippen LogP contribution is 2.24. The Morgan fingerprint density at radius 3 is 2.54 bits per heavy atom. The molecule has 1 aromatic rings. The van der Waals surface area contributed by atoms with E-state index in [-0.39, 0.29) is 17.1 Å². The molecule has 0 aliphatic carbocycles. The Bertz CT molecular complexity index is 662. The second-order valence-electron chi connectivity index (χ2n) is 8.25. The Morgan fingerprint density at radius 2 is 2.04 bits per heavy atom. The van der Waals surface area contributed by atoms with Gasteiger partial charge in [-0.15, -0.1) is 0 Å². The van der Waals surface area contributed by atoms with Gasteiger partial charge in [0.1, 0.15) is 11.6 Å². The molecule has 1 aromatic heterocycles. The van der Waals surface area contributed by atoms with Crippen LogP contribution in [-0.2, 0) is 4.79 Å². The minimum Gasteiger partial charge on any atom is -0.459 e. The largest absolute Gasteiger partial charge is 0.459 e. The van der Waals surface area contributed by atoms with E-state index in [0.29, 0.717) is 19.3 Å². The average molecular weight is 360 g/mol. The first-order valence-corrected chi connectivity index (χ1v) is 8.90. The number of nitriles is 1. The van der Waals surface area contributed by atoms with Crippen molar-refractivity contribution in [3.63, 3.8) is 0 Å². The van der Waals surface area contributed by atoms with Crippen LogP contribution in [0.3, 0.4) is 0 Å². The summed E-state index contributed by atoms with van der Waals surface area (Å²) in [6.45, 7) is 7.50. The zero-order chi connectivity index (χ0) is 19.4. The van der Waals surface area contributed by atoms with Crippen LogP contribution in [-0.4, -0.2) is 48.4 Å². The molecule has 0 radical (unpaired) electrons. The molecule has 0 bridgehead atoms. The molecule has 2 amide bonds. The molecule has 142 valence electrons. The van der Waals surface area contributed by atoms with Gasteiger partial charge in [0.25, 0.3) is 5.91 Å². The maximum absolute atomic E-state index is 12.9. The summed E-state index contributed by atoms with van der Waals surface area (Å²) in [7, 11) is 2.00. The van der Waals surface area contributed by atoms with E-state index in [1.54, 1.807) is 12.1 Å². The molecule has 7 heteroatoms. The van der Waals surface area contributed by atoms with Crippen molar-refractivity contribution < 1.29 is 14.0 Å². The summed E-state index contributed by atoms with van der Waals surface area (Å²) in [6, 6.07) is 4.71. The lowest BCUT2D eigenvalue weighted by Gasteiger charge is -2.37. The van der Waals surface area contributed by atoms with Crippen molar-refractivity contribution in [2.45, 2.75) is 51.6 Å². The third-order valence-corrected chi connectivity index (χ3v) is 4.60. The van der Waals surface area contributed by atoms with Gasteiger partial charge in [-0.3, -0.25) is 9.59 Å². The predicted octanol–water partition coefficient (Wildman–Crippen LogP) is 1.92. The Morgan fingerprint density at radius 1 is 1.38 bits per heavy atom. The zero-order valence-electron chi connectivity index (χ0n) is 16.0. The molecule has 2 heterocycles. The maximum Gasteiger partial charge on any atom is 0.287 e. The van der Waals surface area contributed by atoms with Crippen molar-refractivity contribution in [2.75, 3.05) is 20.1 Å². The van der Waals surface area contributed by atoms with Crippen molar-refractivity contribution in [3.05, 3.63) is 24.2 Å². The van der Waals surface area contributed by atoms with Crippen molar-refractivity contribution >= 4 is 11.8 Å². The first-order valence-electron chi connectivity index (χ1n) is 8.90. The van der Waals surface area contributed by atoms with Gasteiger partial charge < -0.3 is 20.0 Å². The maximum atomic E-state index is 12.9. The van der Waals surface area contributed by atoms with E-state index in [9.17, 15) is 14.9 Å². The molecule has 0 aromatic carbocycles. The van der Waals surface area contributed by atoms with E-state index in [1.165, 1.54) is 6.26 Å². The van der Waals surface area contributed by atoms with Crippen LogP contribution in [0.25, 0.3) is 0 Å². The first kappa shape index (κ1) is 20.0. The number of carbonyl (C=O) groups excluding carboxylic acids is 2. The standard InChI is InChI=1S/C19H28N4O3/c1-18(2,3)12-14(21-17(25)15-6-5-11-26-15)16(24)22-19(13-20)7-9-23(4)10-8-19/h5-6,11,14H,7-10,12H2,1-4H3,(H,21,25)(H,22,24). The van der Waals surface area contributed by atoms with Crippen molar-refractivity contribution in [2.24, 2.45) is 5.41 Å². The number of nitrogens with one attached hydrogen (secondary N) is 2. The van der Waals surface area contributed by atoms with E-state index >= 15 is 0 Å². The second-order valence-corrected chi connectivity index (χ2v) is 8.25. The Hall–Kier alpha value is -2.33. The lowest BCUT2D eigenvalue weighted by Crippen LogP contribution is -2.59. The summed E-state index contributed by atoms with van der Waals surface area (Å²) in [5.41, 5.74) is -1.06. The van der Waals surface area contributed by atoms with Crippen LogP contribution in [0, 0.1) is 16.7 Å². The number of furan rings is 1. The summed E-state index contributed by atoms with van der Waals surface area (Å²) < 4.78 is 5.11. The normalized spacial score (nSPS) is 18.6. The highest BCUT2D eigenvalue weighted by Gasteiger charge is 2.38. The molecule has 0 saturated carbocycles. The minimum atomic E-state index is -0.880. The van der Waals surface area contributed by atoms with Gasteiger partial charge in [-0.05, 0) is 43.9 Å². The molecule has 1 unspecified atom stereocenters. The van der Waals surface area contributed by atoms with Gasteiger partial charge in [0.15, 0.2) is 5.76 Å². The number of nitrogens with zero attached hydrogens (tertiary/aromatic N) is 2. The highest BCUT2D eigenvalue weighted by molar-refractivity contribution is 5.95. The van der Waals surface area contributed by atoms with Gasteiger partial charge in [0.2, 0.25) is 5.91 Å². The molecule has 1 aliphatic heterocycles.